The fourth-order valence-corrected chi connectivity index (χ4v) is 2.41. The van der Waals surface area contributed by atoms with Crippen LogP contribution in [0, 0.1) is 13.8 Å². The van der Waals surface area contributed by atoms with E-state index in [1.54, 1.807) is 13.2 Å². The first-order chi connectivity index (χ1) is 10.0. The third-order valence-electron chi connectivity index (χ3n) is 3.78. The van der Waals surface area contributed by atoms with E-state index in [1.807, 2.05) is 50.2 Å². The number of benzene rings is 2. The fraction of sp³-hybridized carbons (Fsp3) is 0.278. The number of methoxy groups -OCH3 is 1. The van der Waals surface area contributed by atoms with Gasteiger partial charge in [0.15, 0.2) is 5.78 Å². The summed E-state index contributed by atoms with van der Waals surface area (Å²) in [5.41, 5.74) is 9.78. The summed E-state index contributed by atoms with van der Waals surface area (Å²) in [5.74, 6) is 0.544. The number of aryl methyl sites for hydroxylation is 1. The summed E-state index contributed by atoms with van der Waals surface area (Å²) in [5, 5.41) is 0. The lowest BCUT2D eigenvalue weighted by molar-refractivity contribution is 0.0957. The standard InChI is InChI=1S/C18H21NO2/c1-12-9-10-15(18(21-3)13(12)2)17(20)16(19)11-14-7-5-4-6-8-14/h4-10,16H,11,19H2,1-3H3. The van der Waals surface area contributed by atoms with Gasteiger partial charge in [-0.25, -0.2) is 0 Å². The summed E-state index contributed by atoms with van der Waals surface area (Å²) < 4.78 is 5.40. The van der Waals surface area contributed by atoms with Crippen molar-refractivity contribution >= 4 is 5.78 Å². The second kappa shape index (κ2) is 6.55. The molecule has 0 amide bonds. The van der Waals surface area contributed by atoms with Crippen molar-refractivity contribution in [1.29, 1.82) is 0 Å². The SMILES string of the molecule is COc1c(C(=O)C(N)Cc2ccccc2)ccc(C)c1C. The molecule has 1 atom stereocenters. The van der Waals surface area contributed by atoms with Crippen LogP contribution in [0.2, 0.25) is 0 Å². The van der Waals surface area contributed by atoms with Crippen molar-refractivity contribution in [3.63, 3.8) is 0 Å². The first kappa shape index (κ1) is 15.3. The molecular formula is C18H21NO2. The number of nitrogens with two attached hydrogens (primary N) is 1. The average molecular weight is 283 g/mol. The molecule has 3 nitrogen and oxygen atoms in total. The van der Waals surface area contributed by atoms with Crippen molar-refractivity contribution in [1.82, 2.24) is 0 Å². The first-order valence-electron chi connectivity index (χ1n) is 7.02. The molecule has 0 bridgehead atoms. The Bertz CT molecular complexity index is 635. The quantitative estimate of drug-likeness (QED) is 0.858. The molecule has 0 spiro atoms. The van der Waals surface area contributed by atoms with Gasteiger partial charge >= 0.3 is 0 Å². The third-order valence-corrected chi connectivity index (χ3v) is 3.78. The van der Waals surface area contributed by atoms with Crippen molar-refractivity contribution in [2.45, 2.75) is 26.3 Å². The number of carbonyl (C=O) groups is 1. The number of hydrogen-bond donors (Lipinski definition) is 1. The molecule has 2 rings (SSSR count). The van der Waals surface area contributed by atoms with Crippen LogP contribution in [0.25, 0.3) is 0 Å². The summed E-state index contributed by atoms with van der Waals surface area (Å²) in [6.07, 6.45) is 0.524. The lowest BCUT2D eigenvalue weighted by atomic mass is 9.95. The zero-order valence-corrected chi connectivity index (χ0v) is 12.7. The van der Waals surface area contributed by atoms with Gasteiger partial charge in [0.05, 0.1) is 18.7 Å². The molecule has 110 valence electrons. The van der Waals surface area contributed by atoms with E-state index in [-0.39, 0.29) is 5.78 Å². The van der Waals surface area contributed by atoms with Crippen molar-refractivity contribution in [3.8, 4) is 5.75 Å². The van der Waals surface area contributed by atoms with Gasteiger partial charge < -0.3 is 10.5 Å². The predicted molar refractivity (Wildman–Crippen MR) is 84.9 cm³/mol. The number of Topliss-reactive ketones (excluding diaryl/α,β-unsaturated/α-hetero) is 1. The summed E-state index contributed by atoms with van der Waals surface area (Å²) >= 11 is 0. The lowest BCUT2D eigenvalue weighted by Gasteiger charge is -2.16. The number of ketones is 1. The number of rotatable bonds is 5. The summed E-state index contributed by atoms with van der Waals surface area (Å²) in [4.78, 5) is 12.6. The Hall–Kier alpha value is -2.13. The van der Waals surface area contributed by atoms with E-state index in [4.69, 9.17) is 10.5 Å². The van der Waals surface area contributed by atoms with Gasteiger partial charge in [-0.3, -0.25) is 4.79 Å². The molecule has 2 aromatic rings. The maximum absolute atomic E-state index is 12.6. The van der Waals surface area contributed by atoms with E-state index in [0.29, 0.717) is 17.7 Å². The van der Waals surface area contributed by atoms with E-state index in [0.717, 1.165) is 16.7 Å². The molecule has 2 aromatic carbocycles. The molecule has 0 aromatic heterocycles. The molecule has 0 fully saturated rings. The highest BCUT2D eigenvalue weighted by Crippen LogP contribution is 2.27. The molecule has 0 aliphatic rings. The average Bonchev–Trinajstić information content (AvgIpc) is 2.50. The highest BCUT2D eigenvalue weighted by molar-refractivity contribution is 6.02. The smallest absolute Gasteiger partial charge is 0.183 e. The minimum atomic E-state index is -0.566. The normalized spacial score (nSPS) is 12.0. The van der Waals surface area contributed by atoms with Crippen LogP contribution >= 0.6 is 0 Å². The van der Waals surface area contributed by atoms with Crippen molar-refractivity contribution < 1.29 is 9.53 Å². The van der Waals surface area contributed by atoms with E-state index in [1.165, 1.54) is 0 Å². The molecule has 3 heteroatoms. The third kappa shape index (κ3) is 3.31. The van der Waals surface area contributed by atoms with E-state index in [2.05, 4.69) is 0 Å². The van der Waals surface area contributed by atoms with E-state index < -0.39 is 6.04 Å². The van der Waals surface area contributed by atoms with Crippen LogP contribution in [0.5, 0.6) is 5.75 Å². The van der Waals surface area contributed by atoms with Crippen LogP contribution in [0.15, 0.2) is 42.5 Å². The maximum Gasteiger partial charge on any atom is 0.183 e. The van der Waals surface area contributed by atoms with Gasteiger partial charge in [0, 0.05) is 0 Å². The maximum atomic E-state index is 12.6. The van der Waals surface area contributed by atoms with Crippen molar-refractivity contribution in [2.24, 2.45) is 5.73 Å². The Morgan fingerprint density at radius 2 is 1.81 bits per heavy atom. The number of ether oxygens (including phenoxy) is 1. The highest BCUT2D eigenvalue weighted by atomic mass is 16.5. The van der Waals surface area contributed by atoms with Crippen molar-refractivity contribution in [3.05, 3.63) is 64.7 Å². The zero-order chi connectivity index (χ0) is 15.4. The minimum absolute atomic E-state index is 0.0844. The van der Waals surface area contributed by atoms with Gasteiger partial charge in [0.2, 0.25) is 0 Å². The predicted octanol–water partition coefficient (Wildman–Crippen LogP) is 3.06. The van der Waals surface area contributed by atoms with Gasteiger partial charge in [-0.15, -0.1) is 0 Å². The van der Waals surface area contributed by atoms with E-state index >= 15 is 0 Å². The Balaban J connectivity index is 2.26. The molecule has 0 aliphatic heterocycles. The van der Waals surface area contributed by atoms with E-state index in [9.17, 15) is 4.79 Å². The Kier molecular flexibility index (Phi) is 4.76. The number of hydrogen-bond acceptors (Lipinski definition) is 3. The largest absolute Gasteiger partial charge is 0.496 e. The molecule has 0 radical (unpaired) electrons. The van der Waals surface area contributed by atoms with Gasteiger partial charge in [0.1, 0.15) is 5.75 Å². The molecule has 0 saturated heterocycles. The summed E-state index contributed by atoms with van der Waals surface area (Å²) in [7, 11) is 1.58. The van der Waals surface area contributed by atoms with Gasteiger partial charge in [0.25, 0.3) is 0 Å². The monoisotopic (exact) mass is 283 g/mol. The number of carbonyl (C=O) groups excluding carboxylic acids is 1. The Labute approximate surface area is 125 Å². The molecule has 0 heterocycles. The van der Waals surface area contributed by atoms with Crippen LogP contribution in [0.4, 0.5) is 0 Å². The van der Waals surface area contributed by atoms with Crippen LogP contribution in [-0.2, 0) is 6.42 Å². The van der Waals surface area contributed by atoms with Gasteiger partial charge in [-0.05, 0) is 43.0 Å². The molecule has 1 unspecified atom stereocenters. The lowest BCUT2D eigenvalue weighted by Crippen LogP contribution is -2.33. The second-order valence-electron chi connectivity index (χ2n) is 5.25. The van der Waals surface area contributed by atoms with Gasteiger partial charge in [-0.2, -0.15) is 0 Å². The molecule has 0 saturated carbocycles. The summed E-state index contributed by atoms with van der Waals surface area (Å²) in [6, 6.07) is 13.0. The Morgan fingerprint density at radius 3 is 2.43 bits per heavy atom. The topological polar surface area (TPSA) is 52.3 Å². The van der Waals surface area contributed by atoms with Crippen LogP contribution < -0.4 is 10.5 Å². The minimum Gasteiger partial charge on any atom is -0.496 e. The zero-order valence-electron chi connectivity index (χ0n) is 12.7. The van der Waals surface area contributed by atoms with Crippen LogP contribution in [0.3, 0.4) is 0 Å². The fourth-order valence-electron chi connectivity index (χ4n) is 2.41. The highest BCUT2D eigenvalue weighted by Gasteiger charge is 2.21. The first-order valence-corrected chi connectivity index (χ1v) is 7.02. The van der Waals surface area contributed by atoms with Gasteiger partial charge in [-0.1, -0.05) is 36.4 Å². The summed E-state index contributed by atoms with van der Waals surface area (Å²) in [6.45, 7) is 3.95. The molecular weight excluding hydrogens is 262 g/mol. The molecule has 2 N–H and O–H groups in total. The second-order valence-corrected chi connectivity index (χ2v) is 5.25. The van der Waals surface area contributed by atoms with Crippen molar-refractivity contribution in [2.75, 3.05) is 7.11 Å². The molecule has 0 aliphatic carbocycles. The van der Waals surface area contributed by atoms with Crippen LogP contribution in [0.1, 0.15) is 27.0 Å². The molecule has 21 heavy (non-hydrogen) atoms. The Morgan fingerprint density at radius 1 is 1.14 bits per heavy atom. The van der Waals surface area contributed by atoms with Crippen LogP contribution in [-0.4, -0.2) is 18.9 Å².